The first-order valence-electron chi connectivity index (χ1n) is 8.54. The number of aromatic nitrogens is 2. The molecule has 0 radical (unpaired) electrons. The molecule has 0 aliphatic rings. The van der Waals surface area contributed by atoms with Gasteiger partial charge in [0.15, 0.2) is 0 Å². The summed E-state index contributed by atoms with van der Waals surface area (Å²) in [7, 11) is 0. The van der Waals surface area contributed by atoms with Gasteiger partial charge in [-0.05, 0) is 42.3 Å². The van der Waals surface area contributed by atoms with E-state index in [1.54, 1.807) is 18.2 Å². The van der Waals surface area contributed by atoms with E-state index < -0.39 is 5.91 Å². The number of amides is 1. The van der Waals surface area contributed by atoms with Crippen LogP contribution in [0.3, 0.4) is 0 Å². The van der Waals surface area contributed by atoms with E-state index in [1.165, 1.54) is 18.3 Å². The summed E-state index contributed by atoms with van der Waals surface area (Å²) in [6.07, 6.45) is 2.33. The number of hydrazone groups is 1. The van der Waals surface area contributed by atoms with Gasteiger partial charge in [0, 0.05) is 5.56 Å². The highest BCUT2D eigenvalue weighted by molar-refractivity contribution is 5.94. The van der Waals surface area contributed by atoms with Crippen molar-refractivity contribution in [1.82, 2.24) is 15.6 Å². The lowest BCUT2D eigenvalue weighted by molar-refractivity contribution is 0.0950. The quantitative estimate of drug-likeness (QED) is 0.493. The maximum atomic E-state index is 12.9. The molecule has 6 nitrogen and oxygen atoms in total. The number of nitrogens with zero attached hydrogens (tertiary/aromatic N) is 2. The van der Waals surface area contributed by atoms with Crippen LogP contribution < -0.4 is 10.2 Å². The molecule has 0 unspecified atom stereocenters. The summed E-state index contributed by atoms with van der Waals surface area (Å²) < 4.78 is 18.6. The minimum Gasteiger partial charge on any atom is -0.493 e. The van der Waals surface area contributed by atoms with Crippen LogP contribution in [0, 0.1) is 5.82 Å². The van der Waals surface area contributed by atoms with Gasteiger partial charge in [-0.3, -0.25) is 9.89 Å². The Morgan fingerprint density at radius 1 is 1.26 bits per heavy atom. The number of hydrogen-bond donors (Lipinski definition) is 2. The van der Waals surface area contributed by atoms with Gasteiger partial charge < -0.3 is 4.74 Å². The van der Waals surface area contributed by atoms with Crippen molar-refractivity contribution in [2.75, 3.05) is 6.61 Å². The third-order valence-electron chi connectivity index (χ3n) is 3.70. The van der Waals surface area contributed by atoms with E-state index in [4.69, 9.17) is 4.74 Å². The largest absolute Gasteiger partial charge is 0.493 e. The number of carbonyl (C=O) groups is 1. The number of aromatic amines is 1. The lowest BCUT2D eigenvalue weighted by atomic mass is 10.1. The normalized spacial score (nSPS) is 10.9. The molecule has 3 aromatic rings. The highest BCUT2D eigenvalue weighted by Crippen LogP contribution is 2.28. The van der Waals surface area contributed by atoms with Crippen LogP contribution in [0.2, 0.25) is 0 Å². The van der Waals surface area contributed by atoms with Crippen molar-refractivity contribution in [2.24, 2.45) is 5.10 Å². The minimum absolute atomic E-state index is 0.270. The zero-order chi connectivity index (χ0) is 19.1. The van der Waals surface area contributed by atoms with Crippen LogP contribution in [0.25, 0.3) is 11.3 Å². The van der Waals surface area contributed by atoms with Crippen molar-refractivity contribution in [1.29, 1.82) is 0 Å². The molecule has 0 fully saturated rings. The first-order chi connectivity index (χ1) is 13.2. The van der Waals surface area contributed by atoms with Crippen LogP contribution in [-0.2, 0) is 0 Å². The van der Waals surface area contributed by atoms with E-state index in [9.17, 15) is 9.18 Å². The number of halogens is 1. The predicted octanol–water partition coefficient (Wildman–Crippen LogP) is 3.77. The molecule has 1 heterocycles. The van der Waals surface area contributed by atoms with Gasteiger partial charge in [0.2, 0.25) is 0 Å². The lowest BCUT2D eigenvalue weighted by Gasteiger charge is -2.08. The molecule has 0 atom stereocenters. The maximum absolute atomic E-state index is 12.9. The monoisotopic (exact) mass is 366 g/mol. The predicted molar refractivity (Wildman–Crippen MR) is 101 cm³/mol. The van der Waals surface area contributed by atoms with Crippen LogP contribution in [0.15, 0.2) is 59.7 Å². The fourth-order valence-electron chi connectivity index (χ4n) is 2.37. The summed E-state index contributed by atoms with van der Waals surface area (Å²) in [4.78, 5) is 12.2. The molecule has 0 saturated heterocycles. The Morgan fingerprint density at radius 3 is 2.81 bits per heavy atom. The molecule has 27 heavy (non-hydrogen) atoms. The Labute approximate surface area is 156 Å². The molecule has 138 valence electrons. The van der Waals surface area contributed by atoms with E-state index in [1.807, 2.05) is 31.2 Å². The Morgan fingerprint density at radius 2 is 2.04 bits per heavy atom. The maximum Gasteiger partial charge on any atom is 0.289 e. The van der Waals surface area contributed by atoms with E-state index in [0.717, 1.165) is 12.0 Å². The Balaban J connectivity index is 1.68. The van der Waals surface area contributed by atoms with Crippen LogP contribution in [0.1, 0.15) is 29.4 Å². The first-order valence-corrected chi connectivity index (χ1v) is 8.54. The van der Waals surface area contributed by atoms with Crippen molar-refractivity contribution in [3.63, 3.8) is 0 Å². The third-order valence-corrected chi connectivity index (χ3v) is 3.70. The highest BCUT2D eigenvalue weighted by Gasteiger charge is 2.13. The average molecular weight is 366 g/mol. The third kappa shape index (κ3) is 4.78. The molecule has 0 saturated carbocycles. The van der Waals surface area contributed by atoms with Crippen LogP contribution in [-0.4, -0.2) is 28.9 Å². The second-order valence-corrected chi connectivity index (χ2v) is 5.76. The Hall–Kier alpha value is -3.48. The van der Waals surface area contributed by atoms with E-state index in [2.05, 4.69) is 20.7 Å². The molecule has 1 aromatic heterocycles. The van der Waals surface area contributed by atoms with Crippen molar-refractivity contribution in [3.05, 3.63) is 71.7 Å². The molecular weight excluding hydrogens is 347 g/mol. The van der Waals surface area contributed by atoms with Crippen molar-refractivity contribution >= 4 is 12.1 Å². The molecular formula is C20H19FN4O2. The number of ether oxygens (including phenoxy) is 1. The number of rotatable bonds is 7. The summed E-state index contributed by atoms with van der Waals surface area (Å²) in [5.74, 6) is -0.0458. The van der Waals surface area contributed by atoms with Crippen molar-refractivity contribution in [3.8, 4) is 17.0 Å². The van der Waals surface area contributed by atoms with E-state index >= 15 is 0 Å². The van der Waals surface area contributed by atoms with E-state index in [-0.39, 0.29) is 11.5 Å². The summed E-state index contributed by atoms with van der Waals surface area (Å²) in [5, 5.41) is 10.8. The summed E-state index contributed by atoms with van der Waals surface area (Å²) >= 11 is 0. The summed E-state index contributed by atoms with van der Waals surface area (Å²) in [5.41, 5.74) is 4.76. The van der Waals surface area contributed by atoms with Crippen molar-refractivity contribution in [2.45, 2.75) is 13.3 Å². The van der Waals surface area contributed by atoms with Crippen molar-refractivity contribution < 1.29 is 13.9 Å². The van der Waals surface area contributed by atoms with Crippen LogP contribution in [0.5, 0.6) is 5.75 Å². The van der Waals surface area contributed by atoms with Gasteiger partial charge in [-0.2, -0.15) is 10.2 Å². The minimum atomic E-state index is -0.431. The molecule has 0 spiro atoms. The SMILES string of the molecule is CCCOc1ccccc1-c1cc(C(=O)N/N=C\c2ccc(F)cc2)[nH]n1. The average Bonchev–Trinajstić information content (AvgIpc) is 3.18. The molecule has 0 bridgehead atoms. The second-order valence-electron chi connectivity index (χ2n) is 5.76. The molecule has 2 N–H and O–H groups in total. The molecule has 0 aliphatic heterocycles. The molecule has 3 rings (SSSR count). The van der Waals surface area contributed by atoms with Gasteiger partial charge in [0.25, 0.3) is 5.91 Å². The standard InChI is InChI=1S/C20H19FN4O2/c1-2-11-27-19-6-4-3-5-16(19)17-12-18(24-23-17)20(26)25-22-13-14-7-9-15(21)10-8-14/h3-10,12-13H,2,11H2,1H3,(H,23,24)(H,25,26)/b22-13-. The fourth-order valence-corrected chi connectivity index (χ4v) is 2.37. The number of carbonyl (C=O) groups excluding carboxylic acids is 1. The van der Waals surface area contributed by atoms with Crippen LogP contribution >= 0.6 is 0 Å². The van der Waals surface area contributed by atoms with Gasteiger partial charge in [-0.25, -0.2) is 9.82 Å². The summed E-state index contributed by atoms with van der Waals surface area (Å²) in [6.45, 7) is 2.64. The van der Waals surface area contributed by atoms with E-state index in [0.29, 0.717) is 23.6 Å². The smallest absolute Gasteiger partial charge is 0.289 e. The molecule has 7 heteroatoms. The lowest BCUT2D eigenvalue weighted by Crippen LogP contribution is -2.17. The van der Waals surface area contributed by atoms with Gasteiger partial charge in [0.1, 0.15) is 17.3 Å². The summed E-state index contributed by atoms with van der Waals surface area (Å²) in [6, 6.07) is 14.9. The highest BCUT2D eigenvalue weighted by atomic mass is 19.1. The van der Waals surface area contributed by atoms with Gasteiger partial charge >= 0.3 is 0 Å². The Bertz CT molecular complexity index is 935. The zero-order valence-electron chi connectivity index (χ0n) is 14.8. The molecule has 1 amide bonds. The zero-order valence-corrected chi connectivity index (χ0v) is 14.8. The first kappa shape index (κ1) is 18.3. The second kappa shape index (κ2) is 8.75. The number of para-hydroxylation sites is 1. The van der Waals surface area contributed by atoms with Gasteiger partial charge in [-0.15, -0.1) is 0 Å². The Kier molecular flexibility index (Phi) is 5.94. The number of H-pyrrole nitrogens is 1. The fraction of sp³-hybridized carbons (Fsp3) is 0.150. The van der Waals surface area contributed by atoms with Gasteiger partial charge in [0.05, 0.1) is 18.5 Å². The van der Waals surface area contributed by atoms with Crippen LogP contribution in [0.4, 0.5) is 4.39 Å². The van der Waals surface area contributed by atoms with Gasteiger partial charge in [-0.1, -0.05) is 31.2 Å². The number of hydrogen-bond acceptors (Lipinski definition) is 4. The number of benzene rings is 2. The molecule has 0 aliphatic carbocycles. The molecule has 2 aromatic carbocycles. The topological polar surface area (TPSA) is 79.4 Å². The number of nitrogens with one attached hydrogen (secondary N) is 2.